The molecule has 0 amide bonds. The summed E-state index contributed by atoms with van der Waals surface area (Å²) < 4.78 is 5.49. The van der Waals surface area contributed by atoms with Gasteiger partial charge >= 0.3 is 0 Å². The van der Waals surface area contributed by atoms with Crippen LogP contribution in [0.25, 0.3) is 0 Å². The maximum absolute atomic E-state index is 10.7. The molecular weight excluding hydrogens is 362 g/mol. The fourth-order valence-corrected chi connectivity index (χ4v) is 4.54. The van der Waals surface area contributed by atoms with Gasteiger partial charge < -0.3 is 14.7 Å². The lowest BCUT2D eigenvalue weighted by Crippen LogP contribution is -2.21. The van der Waals surface area contributed by atoms with Crippen molar-refractivity contribution in [3.05, 3.63) is 53.6 Å². The van der Waals surface area contributed by atoms with Crippen molar-refractivity contribution in [1.82, 2.24) is 9.97 Å². The minimum Gasteiger partial charge on any atom is -0.391 e. The van der Waals surface area contributed by atoms with E-state index >= 15 is 0 Å². The molecule has 4 heterocycles. The molecule has 2 aliphatic rings. The lowest BCUT2D eigenvalue weighted by molar-refractivity contribution is 0.139. The predicted octanol–water partition coefficient (Wildman–Crippen LogP) is 4.09. The first-order chi connectivity index (χ1) is 14.0. The van der Waals surface area contributed by atoms with Crippen LogP contribution in [0.2, 0.25) is 0 Å². The summed E-state index contributed by atoms with van der Waals surface area (Å²) >= 11 is 0. The molecule has 0 radical (unpaired) electrons. The highest BCUT2D eigenvalue weighted by atomic mass is 16.5. The van der Waals surface area contributed by atoms with Crippen LogP contribution in [0.15, 0.2) is 36.7 Å². The van der Waals surface area contributed by atoms with E-state index in [9.17, 15) is 5.11 Å². The Balaban J connectivity index is 1.36. The van der Waals surface area contributed by atoms with E-state index in [0.717, 1.165) is 49.7 Å². The highest BCUT2D eigenvalue weighted by Crippen LogP contribution is 2.32. The Kier molecular flexibility index (Phi) is 6.16. The van der Waals surface area contributed by atoms with Crippen molar-refractivity contribution in [2.45, 2.75) is 57.5 Å². The highest BCUT2D eigenvalue weighted by molar-refractivity contribution is 5.46. The second kappa shape index (κ2) is 8.80. The zero-order valence-electron chi connectivity index (χ0n) is 17.8. The SMILES string of the molecule is CC(C)c1ccc(N2CC(CC(C)c3ccc(C4CCOC4)cn3)[C@H](O)C2)cn1. The molecule has 2 aromatic heterocycles. The van der Waals surface area contributed by atoms with Gasteiger partial charge in [-0.05, 0) is 48.4 Å². The minimum absolute atomic E-state index is 0.250. The topological polar surface area (TPSA) is 58.5 Å². The van der Waals surface area contributed by atoms with Crippen molar-refractivity contribution in [2.75, 3.05) is 31.2 Å². The Hall–Kier alpha value is -1.98. The Morgan fingerprint density at radius 3 is 2.48 bits per heavy atom. The van der Waals surface area contributed by atoms with Crippen LogP contribution in [-0.2, 0) is 4.74 Å². The Bertz CT molecular complexity index is 785. The van der Waals surface area contributed by atoms with Crippen LogP contribution in [-0.4, -0.2) is 47.5 Å². The van der Waals surface area contributed by atoms with Gasteiger partial charge in [-0.2, -0.15) is 0 Å². The number of aliphatic hydroxyl groups excluding tert-OH is 1. The van der Waals surface area contributed by atoms with E-state index in [0.29, 0.717) is 24.3 Å². The normalized spacial score (nSPS) is 25.7. The van der Waals surface area contributed by atoms with Crippen molar-refractivity contribution in [3.8, 4) is 0 Å². The molecule has 5 nitrogen and oxygen atoms in total. The number of nitrogens with zero attached hydrogens (tertiary/aromatic N) is 3. The number of anilines is 1. The summed E-state index contributed by atoms with van der Waals surface area (Å²) in [5, 5.41) is 10.7. The third-order valence-electron chi connectivity index (χ3n) is 6.51. The number of ether oxygens (including phenoxy) is 1. The number of β-amino-alcohol motifs (C(OH)–C–C–N with tert-alkyl or cyclic N) is 1. The van der Waals surface area contributed by atoms with Crippen molar-refractivity contribution in [2.24, 2.45) is 5.92 Å². The van der Waals surface area contributed by atoms with Crippen LogP contribution in [0.5, 0.6) is 0 Å². The monoisotopic (exact) mass is 395 g/mol. The molecule has 0 aromatic carbocycles. The zero-order chi connectivity index (χ0) is 20.4. The summed E-state index contributed by atoms with van der Waals surface area (Å²) in [4.78, 5) is 11.6. The fourth-order valence-electron chi connectivity index (χ4n) is 4.54. The molecule has 5 heteroatoms. The second-order valence-corrected chi connectivity index (χ2v) is 9.04. The van der Waals surface area contributed by atoms with Crippen LogP contribution >= 0.6 is 0 Å². The molecule has 0 aliphatic carbocycles. The number of aromatic nitrogens is 2. The molecular formula is C24H33N3O2. The molecule has 0 spiro atoms. The first-order valence-corrected chi connectivity index (χ1v) is 10.9. The third-order valence-corrected chi connectivity index (χ3v) is 6.51. The summed E-state index contributed by atoms with van der Waals surface area (Å²) in [5.41, 5.74) is 4.60. The van der Waals surface area contributed by atoms with Crippen molar-refractivity contribution >= 4 is 5.69 Å². The minimum atomic E-state index is -0.308. The summed E-state index contributed by atoms with van der Waals surface area (Å²) in [6.45, 7) is 9.74. The van der Waals surface area contributed by atoms with E-state index in [2.05, 4.69) is 54.9 Å². The maximum Gasteiger partial charge on any atom is 0.0760 e. The number of pyridine rings is 2. The first-order valence-electron chi connectivity index (χ1n) is 10.9. The molecule has 0 saturated carbocycles. The largest absolute Gasteiger partial charge is 0.391 e. The Labute approximate surface area is 174 Å². The molecule has 3 unspecified atom stereocenters. The number of hydrogen-bond donors (Lipinski definition) is 1. The lowest BCUT2D eigenvalue weighted by Gasteiger charge is -2.20. The van der Waals surface area contributed by atoms with Crippen LogP contribution in [0.4, 0.5) is 5.69 Å². The van der Waals surface area contributed by atoms with Crippen molar-refractivity contribution < 1.29 is 9.84 Å². The van der Waals surface area contributed by atoms with Crippen LogP contribution in [0.3, 0.4) is 0 Å². The average Bonchev–Trinajstić information content (AvgIpc) is 3.39. The highest BCUT2D eigenvalue weighted by Gasteiger charge is 2.33. The smallest absolute Gasteiger partial charge is 0.0760 e. The summed E-state index contributed by atoms with van der Waals surface area (Å²) in [6, 6.07) is 8.60. The van der Waals surface area contributed by atoms with Gasteiger partial charge in [0.05, 0.1) is 24.6 Å². The van der Waals surface area contributed by atoms with Crippen molar-refractivity contribution in [3.63, 3.8) is 0 Å². The third kappa shape index (κ3) is 4.62. The van der Waals surface area contributed by atoms with Gasteiger partial charge in [-0.15, -0.1) is 0 Å². The molecule has 2 aromatic rings. The molecule has 1 N–H and O–H groups in total. The molecule has 2 saturated heterocycles. The summed E-state index contributed by atoms with van der Waals surface area (Å²) in [6.07, 6.45) is 5.68. The van der Waals surface area contributed by atoms with Crippen LogP contribution in [0.1, 0.15) is 68.3 Å². The maximum atomic E-state index is 10.7. The molecule has 4 rings (SSSR count). The van der Waals surface area contributed by atoms with E-state index in [1.54, 1.807) is 0 Å². The van der Waals surface area contributed by atoms with Gasteiger partial charge in [0.1, 0.15) is 0 Å². The number of rotatable bonds is 6. The van der Waals surface area contributed by atoms with E-state index in [4.69, 9.17) is 9.72 Å². The van der Waals surface area contributed by atoms with E-state index in [-0.39, 0.29) is 12.0 Å². The molecule has 29 heavy (non-hydrogen) atoms. The first kappa shape index (κ1) is 20.3. The van der Waals surface area contributed by atoms with Gasteiger partial charge in [-0.25, -0.2) is 0 Å². The number of aliphatic hydroxyl groups is 1. The van der Waals surface area contributed by atoms with Crippen LogP contribution in [0, 0.1) is 5.92 Å². The van der Waals surface area contributed by atoms with Gasteiger partial charge in [0, 0.05) is 49.1 Å². The molecule has 0 bridgehead atoms. The zero-order valence-corrected chi connectivity index (χ0v) is 17.8. The standard InChI is InChI=1S/C24H33N3O2/c1-16(2)22-7-5-21(12-26-22)27-13-20(24(28)14-27)10-17(3)23-6-4-18(11-25-23)19-8-9-29-15-19/h4-7,11-12,16-17,19-20,24,28H,8-10,13-15H2,1-3H3/t17?,19?,20?,24-/m1/s1. The van der Waals surface area contributed by atoms with Gasteiger partial charge in [-0.3, -0.25) is 9.97 Å². The lowest BCUT2D eigenvalue weighted by atomic mass is 9.90. The van der Waals surface area contributed by atoms with Crippen LogP contribution < -0.4 is 4.90 Å². The van der Waals surface area contributed by atoms with Gasteiger partial charge in [-0.1, -0.05) is 26.8 Å². The Morgan fingerprint density at radius 2 is 1.86 bits per heavy atom. The summed E-state index contributed by atoms with van der Waals surface area (Å²) in [5.74, 6) is 1.50. The molecule has 2 aliphatic heterocycles. The quantitative estimate of drug-likeness (QED) is 0.798. The van der Waals surface area contributed by atoms with E-state index < -0.39 is 0 Å². The predicted molar refractivity (Wildman–Crippen MR) is 115 cm³/mol. The van der Waals surface area contributed by atoms with E-state index in [1.165, 1.54) is 5.56 Å². The molecule has 4 atom stereocenters. The van der Waals surface area contributed by atoms with E-state index in [1.807, 2.05) is 12.4 Å². The molecule has 2 fully saturated rings. The second-order valence-electron chi connectivity index (χ2n) is 9.04. The van der Waals surface area contributed by atoms with Gasteiger partial charge in [0.2, 0.25) is 0 Å². The fraction of sp³-hybridized carbons (Fsp3) is 0.583. The summed E-state index contributed by atoms with van der Waals surface area (Å²) in [7, 11) is 0. The van der Waals surface area contributed by atoms with Gasteiger partial charge in [0.15, 0.2) is 0 Å². The number of hydrogen-bond acceptors (Lipinski definition) is 5. The Morgan fingerprint density at radius 1 is 1.07 bits per heavy atom. The van der Waals surface area contributed by atoms with Crippen molar-refractivity contribution in [1.29, 1.82) is 0 Å². The van der Waals surface area contributed by atoms with Gasteiger partial charge in [0.25, 0.3) is 0 Å². The average molecular weight is 396 g/mol. The molecule has 156 valence electrons.